The van der Waals surface area contributed by atoms with E-state index in [1.165, 1.54) is 0 Å². The number of hydrogen-bond donors (Lipinski definition) is 2. The summed E-state index contributed by atoms with van der Waals surface area (Å²) in [6.45, 7) is 3.93. The van der Waals surface area contributed by atoms with Crippen molar-refractivity contribution in [1.29, 1.82) is 0 Å². The fourth-order valence-electron chi connectivity index (χ4n) is 2.04. The van der Waals surface area contributed by atoms with Gasteiger partial charge in [-0.1, -0.05) is 24.3 Å². The van der Waals surface area contributed by atoms with Crippen LogP contribution in [0.25, 0.3) is 0 Å². The minimum atomic E-state index is -0.928. The van der Waals surface area contributed by atoms with Gasteiger partial charge in [0, 0.05) is 11.3 Å². The molecule has 0 radical (unpaired) electrons. The molecule has 0 aliphatic rings. The van der Waals surface area contributed by atoms with Crippen molar-refractivity contribution in [1.82, 2.24) is 0 Å². The van der Waals surface area contributed by atoms with E-state index in [0.29, 0.717) is 16.8 Å². The molecule has 0 fully saturated rings. The molecule has 0 bridgehead atoms. The van der Waals surface area contributed by atoms with Crippen LogP contribution in [0.1, 0.15) is 27.0 Å². The van der Waals surface area contributed by atoms with Crippen LogP contribution < -0.4 is 5.32 Å². The molecule has 21 heavy (non-hydrogen) atoms. The molecule has 1 amide bonds. The zero-order valence-electron chi connectivity index (χ0n) is 12.0. The second-order valence-electron chi connectivity index (χ2n) is 4.98. The van der Waals surface area contributed by atoms with Crippen LogP contribution in [0, 0.1) is 13.8 Å². The molecule has 0 unspecified atom stereocenters. The predicted molar refractivity (Wildman–Crippen MR) is 81.7 cm³/mol. The number of aryl methyl sites for hydroxylation is 2. The molecular weight excluding hydrogens is 266 g/mol. The van der Waals surface area contributed by atoms with Crippen molar-refractivity contribution in [3.05, 3.63) is 64.7 Å². The molecule has 2 aromatic carbocycles. The highest BCUT2D eigenvalue weighted by Crippen LogP contribution is 2.18. The minimum Gasteiger partial charge on any atom is -0.481 e. The summed E-state index contributed by atoms with van der Waals surface area (Å²) in [5, 5.41) is 11.7. The maximum Gasteiger partial charge on any atom is 0.307 e. The van der Waals surface area contributed by atoms with Gasteiger partial charge in [0.05, 0.1) is 6.42 Å². The molecule has 108 valence electrons. The summed E-state index contributed by atoms with van der Waals surface area (Å²) in [5.41, 5.74) is 3.84. The molecule has 0 atom stereocenters. The third kappa shape index (κ3) is 3.69. The first-order valence-electron chi connectivity index (χ1n) is 6.65. The summed E-state index contributed by atoms with van der Waals surface area (Å²) in [6, 6.07) is 12.4. The first kappa shape index (κ1) is 14.8. The molecule has 0 saturated heterocycles. The van der Waals surface area contributed by atoms with Crippen LogP contribution in [-0.2, 0) is 11.2 Å². The molecule has 0 saturated carbocycles. The van der Waals surface area contributed by atoms with E-state index in [1.54, 1.807) is 30.3 Å². The van der Waals surface area contributed by atoms with E-state index < -0.39 is 5.97 Å². The molecular formula is C17H17NO3. The Balaban J connectivity index is 2.23. The van der Waals surface area contributed by atoms with Gasteiger partial charge in [0.25, 0.3) is 5.91 Å². The zero-order valence-corrected chi connectivity index (χ0v) is 12.0. The Morgan fingerprint density at radius 2 is 1.76 bits per heavy atom. The van der Waals surface area contributed by atoms with Crippen molar-refractivity contribution >= 4 is 17.6 Å². The third-order valence-corrected chi connectivity index (χ3v) is 3.38. The lowest BCUT2D eigenvalue weighted by atomic mass is 10.1. The van der Waals surface area contributed by atoms with E-state index in [2.05, 4.69) is 5.32 Å². The number of carboxylic acid groups (broad SMARTS) is 1. The average Bonchev–Trinajstić information content (AvgIpc) is 2.43. The Bertz CT molecular complexity index is 692. The van der Waals surface area contributed by atoms with E-state index in [1.807, 2.05) is 26.0 Å². The molecule has 0 spiro atoms. The van der Waals surface area contributed by atoms with Gasteiger partial charge in [-0.3, -0.25) is 9.59 Å². The Kier molecular flexibility index (Phi) is 4.38. The van der Waals surface area contributed by atoms with Crippen LogP contribution in [0.4, 0.5) is 5.69 Å². The highest BCUT2D eigenvalue weighted by Gasteiger charge is 2.11. The molecule has 2 rings (SSSR count). The van der Waals surface area contributed by atoms with Gasteiger partial charge in [-0.05, 0) is 48.7 Å². The van der Waals surface area contributed by atoms with Crippen LogP contribution in [-0.4, -0.2) is 17.0 Å². The van der Waals surface area contributed by atoms with Crippen molar-refractivity contribution < 1.29 is 14.7 Å². The van der Waals surface area contributed by atoms with E-state index in [4.69, 9.17) is 5.11 Å². The van der Waals surface area contributed by atoms with Gasteiger partial charge in [-0.15, -0.1) is 0 Å². The quantitative estimate of drug-likeness (QED) is 0.905. The number of rotatable bonds is 4. The summed E-state index contributed by atoms with van der Waals surface area (Å²) in [6.07, 6.45) is -0.122. The number of nitrogens with one attached hydrogen (secondary N) is 1. The highest BCUT2D eigenvalue weighted by molar-refractivity contribution is 6.05. The molecule has 4 heteroatoms. The standard InChI is InChI=1S/C17H17NO3/c1-11-7-8-14(9-12(11)2)17(21)18-15-6-4-3-5-13(15)10-16(19)20/h3-9H,10H2,1-2H3,(H,18,21)(H,19,20). The molecule has 0 aliphatic heterocycles. The normalized spacial score (nSPS) is 10.2. The summed E-state index contributed by atoms with van der Waals surface area (Å²) >= 11 is 0. The zero-order chi connectivity index (χ0) is 15.4. The maximum atomic E-state index is 12.3. The predicted octanol–water partition coefficient (Wildman–Crippen LogP) is 3.18. The lowest BCUT2D eigenvalue weighted by Crippen LogP contribution is -2.14. The first-order valence-corrected chi connectivity index (χ1v) is 6.65. The Morgan fingerprint density at radius 1 is 1.05 bits per heavy atom. The number of aliphatic carboxylic acids is 1. The van der Waals surface area contributed by atoms with Crippen LogP contribution in [0.5, 0.6) is 0 Å². The van der Waals surface area contributed by atoms with Gasteiger partial charge >= 0.3 is 5.97 Å². The first-order chi connectivity index (χ1) is 9.97. The minimum absolute atomic E-state index is 0.122. The molecule has 2 aromatic rings. The monoisotopic (exact) mass is 283 g/mol. The molecule has 0 heterocycles. The fourth-order valence-corrected chi connectivity index (χ4v) is 2.04. The maximum absolute atomic E-state index is 12.3. The van der Waals surface area contributed by atoms with Crippen LogP contribution in [0.2, 0.25) is 0 Å². The van der Waals surface area contributed by atoms with Crippen molar-refractivity contribution in [3.63, 3.8) is 0 Å². The number of anilines is 1. The molecule has 0 aliphatic carbocycles. The van der Waals surface area contributed by atoms with Crippen molar-refractivity contribution in [2.24, 2.45) is 0 Å². The third-order valence-electron chi connectivity index (χ3n) is 3.38. The van der Waals surface area contributed by atoms with Gasteiger partial charge in [0.1, 0.15) is 0 Å². The van der Waals surface area contributed by atoms with Gasteiger partial charge < -0.3 is 10.4 Å². The number of carboxylic acids is 1. The fraction of sp³-hybridized carbons (Fsp3) is 0.176. The number of carbonyl (C=O) groups excluding carboxylic acids is 1. The van der Waals surface area contributed by atoms with Gasteiger partial charge in [-0.25, -0.2) is 0 Å². The molecule has 4 nitrogen and oxygen atoms in total. The average molecular weight is 283 g/mol. The summed E-state index contributed by atoms with van der Waals surface area (Å²) in [5.74, 6) is -1.17. The smallest absolute Gasteiger partial charge is 0.307 e. The Morgan fingerprint density at radius 3 is 2.43 bits per heavy atom. The SMILES string of the molecule is Cc1ccc(C(=O)Nc2ccccc2CC(=O)O)cc1C. The number of hydrogen-bond acceptors (Lipinski definition) is 2. The van der Waals surface area contributed by atoms with Gasteiger partial charge in [0.2, 0.25) is 0 Å². The second kappa shape index (κ2) is 6.22. The lowest BCUT2D eigenvalue weighted by molar-refractivity contribution is -0.136. The van der Waals surface area contributed by atoms with Crippen LogP contribution in [0.15, 0.2) is 42.5 Å². The van der Waals surface area contributed by atoms with Gasteiger partial charge in [0.15, 0.2) is 0 Å². The van der Waals surface area contributed by atoms with E-state index in [0.717, 1.165) is 11.1 Å². The van der Waals surface area contributed by atoms with E-state index >= 15 is 0 Å². The molecule has 0 aromatic heterocycles. The van der Waals surface area contributed by atoms with Crippen LogP contribution in [0.3, 0.4) is 0 Å². The van der Waals surface area contributed by atoms with Crippen molar-refractivity contribution in [2.45, 2.75) is 20.3 Å². The Labute approximate surface area is 123 Å². The lowest BCUT2D eigenvalue weighted by Gasteiger charge is -2.10. The Hall–Kier alpha value is -2.62. The van der Waals surface area contributed by atoms with Crippen molar-refractivity contribution in [2.75, 3.05) is 5.32 Å². The van der Waals surface area contributed by atoms with Gasteiger partial charge in [-0.2, -0.15) is 0 Å². The topological polar surface area (TPSA) is 66.4 Å². The number of amides is 1. The highest BCUT2D eigenvalue weighted by atomic mass is 16.4. The summed E-state index contributed by atoms with van der Waals surface area (Å²) < 4.78 is 0. The second-order valence-corrected chi connectivity index (χ2v) is 4.98. The number of carbonyl (C=O) groups is 2. The van der Waals surface area contributed by atoms with Crippen molar-refractivity contribution in [3.8, 4) is 0 Å². The van der Waals surface area contributed by atoms with E-state index in [-0.39, 0.29) is 12.3 Å². The number of benzene rings is 2. The molecule has 2 N–H and O–H groups in total. The summed E-state index contributed by atoms with van der Waals surface area (Å²) in [7, 11) is 0. The van der Waals surface area contributed by atoms with Crippen LogP contribution >= 0.6 is 0 Å². The van der Waals surface area contributed by atoms with E-state index in [9.17, 15) is 9.59 Å². The largest absolute Gasteiger partial charge is 0.481 e. The summed E-state index contributed by atoms with van der Waals surface area (Å²) in [4.78, 5) is 23.1. The number of para-hydroxylation sites is 1.